The maximum Gasteiger partial charge on any atom is 0.379 e. The fourth-order valence-corrected chi connectivity index (χ4v) is 1.88. The number of carbonyl (C=O) groups excluding carboxylic acids is 2. The van der Waals surface area contributed by atoms with E-state index in [4.69, 9.17) is 4.74 Å². The first-order chi connectivity index (χ1) is 10.7. The van der Waals surface area contributed by atoms with Gasteiger partial charge in [-0.25, -0.2) is 4.79 Å². The first-order valence-electron chi connectivity index (χ1n) is 7.01. The van der Waals surface area contributed by atoms with Gasteiger partial charge in [0.2, 0.25) is 0 Å². The molecule has 22 heavy (non-hydrogen) atoms. The molecule has 4 nitrogen and oxygen atoms in total. The van der Waals surface area contributed by atoms with Crippen LogP contribution in [0.4, 0.5) is 5.69 Å². The molecule has 0 aliphatic rings. The van der Waals surface area contributed by atoms with Gasteiger partial charge in [0, 0.05) is 17.5 Å². The average molecular weight is 295 g/mol. The van der Waals surface area contributed by atoms with Crippen LogP contribution >= 0.6 is 0 Å². The highest BCUT2D eigenvalue weighted by atomic mass is 16.5. The van der Waals surface area contributed by atoms with Gasteiger partial charge in [-0.3, -0.25) is 4.79 Å². The molecule has 0 radical (unpaired) electrons. The van der Waals surface area contributed by atoms with Crippen LogP contribution in [0.25, 0.3) is 5.70 Å². The Morgan fingerprint density at radius 2 is 1.59 bits per heavy atom. The van der Waals surface area contributed by atoms with Gasteiger partial charge in [-0.2, -0.15) is 0 Å². The number of ketones is 1. The number of carbonyl (C=O) groups is 2. The third-order valence-electron chi connectivity index (χ3n) is 2.89. The van der Waals surface area contributed by atoms with Gasteiger partial charge in [0.05, 0.1) is 6.61 Å². The Morgan fingerprint density at radius 3 is 2.18 bits per heavy atom. The van der Waals surface area contributed by atoms with Gasteiger partial charge < -0.3 is 10.1 Å². The molecule has 0 bridgehead atoms. The van der Waals surface area contributed by atoms with E-state index in [9.17, 15) is 9.59 Å². The van der Waals surface area contributed by atoms with Crippen molar-refractivity contribution >= 4 is 23.1 Å². The van der Waals surface area contributed by atoms with Crippen molar-refractivity contribution in [1.29, 1.82) is 0 Å². The predicted molar refractivity (Wildman–Crippen MR) is 86.1 cm³/mol. The van der Waals surface area contributed by atoms with Crippen LogP contribution in [0, 0.1) is 0 Å². The van der Waals surface area contributed by atoms with Crippen LogP contribution < -0.4 is 5.32 Å². The lowest BCUT2D eigenvalue weighted by Gasteiger charge is -2.11. The van der Waals surface area contributed by atoms with Crippen molar-refractivity contribution in [3.05, 3.63) is 72.3 Å². The number of nitrogens with one attached hydrogen (secondary N) is 1. The zero-order valence-corrected chi connectivity index (χ0v) is 12.3. The monoisotopic (exact) mass is 295 g/mol. The highest BCUT2D eigenvalue weighted by Gasteiger charge is 2.14. The smallest absolute Gasteiger partial charge is 0.379 e. The molecule has 0 saturated carbocycles. The molecule has 1 N–H and O–H groups in total. The molecule has 0 aromatic heterocycles. The topological polar surface area (TPSA) is 55.4 Å². The summed E-state index contributed by atoms with van der Waals surface area (Å²) < 4.78 is 4.73. The number of benzene rings is 2. The molecule has 0 spiro atoms. The zero-order valence-electron chi connectivity index (χ0n) is 12.3. The fourth-order valence-electron chi connectivity index (χ4n) is 1.88. The molecule has 0 heterocycles. The Labute approximate surface area is 129 Å². The highest BCUT2D eigenvalue weighted by molar-refractivity contribution is 6.39. The van der Waals surface area contributed by atoms with E-state index in [1.165, 1.54) is 6.08 Å². The summed E-state index contributed by atoms with van der Waals surface area (Å²) in [6, 6.07) is 18.8. The number of hydrogen-bond acceptors (Lipinski definition) is 4. The Balaban J connectivity index is 2.30. The van der Waals surface area contributed by atoms with Gasteiger partial charge in [0.1, 0.15) is 0 Å². The largest absolute Gasteiger partial charge is 0.460 e. The Bertz CT molecular complexity index is 663. The Morgan fingerprint density at radius 1 is 1.00 bits per heavy atom. The van der Waals surface area contributed by atoms with Crippen LogP contribution in [0.3, 0.4) is 0 Å². The van der Waals surface area contributed by atoms with Crippen molar-refractivity contribution in [2.24, 2.45) is 0 Å². The minimum atomic E-state index is -0.856. The minimum absolute atomic E-state index is 0.172. The lowest BCUT2D eigenvalue weighted by molar-refractivity contribution is -0.151. The molecule has 2 rings (SSSR count). The van der Waals surface area contributed by atoms with Gasteiger partial charge in [0.15, 0.2) is 0 Å². The van der Waals surface area contributed by atoms with Crippen molar-refractivity contribution in [2.45, 2.75) is 6.92 Å². The van der Waals surface area contributed by atoms with Gasteiger partial charge in [-0.15, -0.1) is 0 Å². The first kappa shape index (κ1) is 15.5. The maximum atomic E-state index is 11.9. The standard InChI is InChI=1S/C18H17NO3/c1-2-22-18(21)17(20)13-16(14-9-5-3-6-10-14)19-15-11-7-4-8-12-15/h3-13,19H,2H2,1H3. The molecule has 112 valence electrons. The normalized spacial score (nSPS) is 10.9. The number of para-hydroxylation sites is 1. The lowest BCUT2D eigenvalue weighted by atomic mass is 10.1. The second-order valence-corrected chi connectivity index (χ2v) is 4.50. The summed E-state index contributed by atoms with van der Waals surface area (Å²) in [6.07, 6.45) is 1.26. The Kier molecular flexibility index (Phi) is 5.49. The minimum Gasteiger partial charge on any atom is -0.460 e. The number of hydrogen-bond donors (Lipinski definition) is 1. The van der Waals surface area contributed by atoms with E-state index >= 15 is 0 Å². The zero-order chi connectivity index (χ0) is 15.8. The molecule has 0 fully saturated rings. The summed E-state index contributed by atoms with van der Waals surface area (Å²) in [5.74, 6) is -1.55. The first-order valence-corrected chi connectivity index (χ1v) is 7.01. The third kappa shape index (κ3) is 4.31. The maximum absolute atomic E-state index is 11.9. The summed E-state index contributed by atoms with van der Waals surface area (Å²) >= 11 is 0. The van der Waals surface area contributed by atoms with E-state index in [2.05, 4.69) is 5.32 Å². The summed E-state index contributed by atoms with van der Waals surface area (Å²) in [4.78, 5) is 23.4. The number of anilines is 1. The third-order valence-corrected chi connectivity index (χ3v) is 2.89. The number of rotatable bonds is 6. The Hall–Kier alpha value is -2.88. The van der Waals surface area contributed by atoms with Crippen LogP contribution in [0.5, 0.6) is 0 Å². The second kappa shape index (κ2) is 7.78. The quantitative estimate of drug-likeness (QED) is 0.505. The van der Waals surface area contributed by atoms with Gasteiger partial charge in [-0.1, -0.05) is 48.5 Å². The fraction of sp³-hybridized carbons (Fsp3) is 0.111. The van der Waals surface area contributed by atoms with Crippen molar-refractivity contribution in [3.63, 3.8) is 0 Å². The number of esters is 1. The van der Waals surface area contributed by atoms with Crippen molar-refractivity contribution in [2.75, 3.05) is 11.9 Å². The summed E-state index contributed by atoms with van der Waals surface area (Å²) in [5, 5.41) is 3.16. The van der Waals surface area contributed by atoms with Crippen LogP contribution in [-0.4, -0.2) is 18.4 Å². The highest BCUT2D eigenvalue weighted by Crippen LogP contribution is 2.18. The lowest BCUT2D eigenvalue weighted by Crippen LogP contribution is -2.16. The molecule has 0 aliphatic carbocycles. The second-order valence-electron chi connectivity index (χ2n) is 4.50. The van der Waals surface area contributed by atoms with Crippen LogP contribution in [0.2, 0.25) is 0 Å². The van der Waals surface area contributed by atoms with Crippen molar-refractivity contribution in [1.82, 2.24) is 0 Å². The van der Waals surface area contributed by atoms with Gasteiger partial charge >= 0.3 is 5.97 Å². The molecular weight excluding hydrogens is 278 g/mol. The number of ether oxygens (including phenoxy) is 1. The molecule has 2 aromatic rings. The molecular formula is C18H17NO3. The van der Waals surface area contributed by atoms with Crippen molar-refractivity contribution in [3.8, 4) is 0 Å². The van der Waals surface area contributed by atoms with E-state index in [1.54, 1.807) is 6.92 Å². The van der Waals surface area contributed by atoms with E-state index in [1.807, 2.05) is 60.7 Å². The van der Waals surface area contributed by atoms with Gasteiger partial charge in [0.25, 0.3) is 5.78 Å². The molecule has 0 aliphatic heterocycles. The summed E-state index contributed by atoms with van der Waals surface area (Å²) in [7, 11) is 0. The molecule has 0 unspecified atom stereocenters. The van der Waals surface area contributed by atoms with Crippen LogP contribution in [-0.2, 0) is 14.3 Å². The van der Waals surface area contributed by atoms with Crippen LogP contribution in [0.1, 0.15) is 12.5 Å². The van der Waals surface area contributed by atoms with E-state index in [0.717, 1.165) is 11.3 Å². The van der Waals surface area contributed by atoms with Gasteiger partial charge in [-0.05, 0) is 24.6 Å². The molecule has 2 aromatic carbocycles. The summed E-state index contributed by atoms with van der Waals surface area (Å²) in [5.41, 5.74) is 2.18. The molecule has 0 atom stereocenters. The van der Waals surface area contributed by atoms with E-state index < -0.39 is 11.8 Å². The van der Waals surface area contributed by atoms with Crippen molar-refractivity contribution < 1.29 is 14.3 Å². The SMILES string of the molecule is CCOC(=O)C(=O)C=C(Nc1ccccc1)c1ccccc1. The average Bonchev–Trinajstić information content (AvgIpc) is 2.56. The molecule has 4 heteroatoms. The van der Waals surface area contributed by atoms with E-state index in [-0.39, 0.29) is 6.61 Å². The summed E-state index contributed by atoms with van der Waals surface area (Å²) in [6.45, 7) is 1.83. The van der Waals surface area contributed by atoms with Crippen LogP contribution in [0.15, 0.2) is 66.7 Å². The molecule has 0 saturated heterocycles. The predicted octanol–water partition coefficient (Wildman–Crippen LogP) is 3.27. The van der Waals surface area contributed by atoms with E-state index in [0.29, 0.717) is 5.70 Å². The molecule has 0 amide bonds.